The second-order valence-electron chi connectivity index (χ2n) is 6.56. The van der Waals surface area contributed by atoms with Crippen molar-refractivity contribution in [2.75, 3.05) is 12.9 Å². The molecule has 7 nitrogen and oxygen atoms in total. The Morgan fingerprint density at radius 2 is 1.94 bits per heavy atom. The van der Waals surface area contributed by atoms with E-state index in [4.69, 9.17) is 16.3 Å². The summed E-state index contributed by atoms with van der Waals surface area (Å²) >= 11 is 6.98. The molecular formula is C22H19ClN4O3S. The standard InChI is InChI=1S/C22H19ClN4O3S/c1-13(14-3-7-16(23)8-4-14)25-19(28)12-31-22-26-20(18(11-24)21(29)27-22)15-5-9-17(30-2)10-6-15/h3-10,13H,12H2,1-2H3,(H,25,28)(H,26,27,29). The van der Waals surface area contributed by atoms with Crippen LogP contribution in [-0.4, -0.2) is 28.7 Å². The summed E-state index contributed by atoms with van der Waals surface area (Å²) in [6.07, 6.45) is 0. The first-order valence-electron chi connectivity index (χ1n) is 9.27. The highest BCUT2D eigenvalue weighted by Gasteiger charge is 2.15. The van der Waals surface area contributed by atoms with Gasteiger partial charge in [-0.25, -0.2) is 4.98 Å². The fraction of sp³-hybridized carbons (Fsp3) is 0.182. The van der Waals surface area contributed by atoms with Crippen LogP contribution in [0.4, 0.5) is 0 Å². The highest BCUT2D eigenvalue weighted by Crippen LogP contribution is 2.24. The Balaban J connectivity index is 1.73. The summed E-state index contributed by atoms with van der Waals surface area (Å²) in [5.74, 6) is 0.480. The molecule has 3 rings (SSSR count). The van der Waals surface area contributed by atoms with Crippen LogP contribution in [0.25, 0.3) is 11.3 Å². The van der Waals surface area contributed by atoms with Gasteiger partial charge in [-0.3, -0.25) is 9.59 Å². The van der Waals surface area contributed by atoms with Crippen molar-refractivity contribution < 1.29 is 9.53 Å². The number of halogens is 1. The van der Waals surface area contributed by atoms with Gasteiger partial charge in [-0.15, -0.1) is 0 Å². The fourth-order valence-electron chi connectivity index (χ4n) is 2.83. The summed E-state index contributed by atoms with van der Waals surface area (Å²) in [6, 6.07) is 15.8. The number of ether oxygens (including phenoxy) is 1. The van der Waals surface area contributed by atoms with Crippen LogP contribution in [0.15, 0.2) is 58.5 Å². The van der Waals surface area contributed by atoms with E-state index < -0.39 is 5.56 Å². The van der Waals surface area contributed by atoms with E-state index in [0.717, 1.165) is 17.3 Å². The number of nitrogens with zero attached hydrogens (tertiary/aromatic N) is 2. The SMILES string of the molecule is COc1ccc(-c2nc(SCC(=O)NC(C)c3ccc(Cl)cc3)[nH]c(=O)c2C#N)cc1. The molecule has 0 fully saturated rings. The Morgan fingerprint density at radius 1 is 1.26 bits per heavy atom. The van der Waals surface area contributed by atoms with Crippen LogP contribution in [-0.2, 0) is 4.79 Å². The number of thioether (sulfide) groups is 1. The van der Waals surface area contributed by atoms with Crippen molar-refractivity contribution in [2.45, 2.75) is 18.1 Å². The van der Waals surface area contributed by atoms with E-state index in [2.05, 4.69) is 15.3 Å². The van der Waals surface area contributed by atoms with E-state index in [-0.39, 0.29) is 34.1 Å². The maximum atomic E-state index is 12.4. The van der Waals surface area contributed by atoms with Crippen molar-refractivity contribution in [3.63, 3.8) is 0 Å². The zero-order valence-electron chi connectivity index (χ0n) is 16.8. The molecule has 0 radical (unpaired) electrons. The number of hydrogen-bond donors (Lipinski definition) is 2. The molecule has 0 aliphatic carbocycles. The molecule has 2 N–H and O–H groups in total. The number of amides is 1. The van der Waals surface area contributed by atoms with Gasteiger partial charge in [0.25, 0.3) is 5.56 Å². The number of hydrogen-bond acceptors (Lipinski definition) is 6. The molecule has 158 valence electrons. The van der Waals surface area contributed by atoms with Gasteiger partial charge in [-0.1, -0.05) is 35.5 Å². The third-order valence-corrected chi connectivity index (χ3v) is 5.59. The Labute approximate surface area is 188 Å². The number of methoxy groups -OCH3 is 1. The normalized spacial score (nSPS) is 11.4. The molecule has 0 aliphatic heterocycles. The zero-order chi connectivity index (χ0) is 22.4. The Hall–Kier alpha value is -3.28. The lowest BCUT2D eigenvalue weighted by atomic mass is 10.1. The van der Waals surface area contributed by atoms with Crippen molar-refractivity contribution in [3.8, 4) is 23.1 Å². The number of benzene rings is 2. The van der Waals surface area contributed by atoms with Gasteiger partial charge in [-0.2, -0.15) is 5.26 Å². The monoisotopic (exact) mass is 454 g/mol. The number of carbonyl (C=O) groups is 1. The van der Waals surface area contributed by atoms with E-state index in [1.807, 2.05) is 25.1 Å². The molecule has 1 unspecified atom stereocenters. The maximum absolute atomic E-state index is 12.4. The predicted octanol–water partition coefficient (Wildman–Crippen LogP) is 3.94. The van der Waals surface area contributed by atoms with Crippen LogP contribution in [0.1, 0.15) is 24.1 Å². The molecule has 0 saturated carbocycles. The molecule has 0 saturated heterocycles. The van der Waals surface area contributed by atoms with Gasteiger partial charge in [0, 0.05) is 10.6 Å². The minimum absolute atomic E-state index is 0.0504. The van der Waals surface area contributed by atoms with E-state index in [1.165, 1.54) is 0 Å². The fourth-order valence-corrected chi connectivity index (χ4v) is 3.63. The summed E-state index contributed by atoms with van der Waals surface area (Å²) in [4.78, 5) is 31.7. The Morgan fingerprint density at radius 3 is 2.55 bits per heavy atom. The van der Waals surface area contributed by atoms with Crippen LogP contribution in [0, 0.1) is 11.3 Å². The van der Waals surface area contributed by atoms with Crippen LogP contribution in [0.3, 0.4) is 0 Å². The van der Waals surface area contributed by atoms with Crippen molar-refractivity contribution in [3.05, 3.63) is 75.0 Å². The minimum atomic E-state index is -0.555. The third-order valence-electron chi connectivity index (χ3n) is 4.46. The van der Waals surface area contributed by atoms with Crippen molar-refractivity contribution in [1.29, 1.82) is 5.26 Å². The molecule has 0 bridgehead atoms. The molecule has 0 aliphatic rings. The van der Waals surface area contributed by atoms with Crippen LogP contribution >= 0.6 is 23.4 Å². The van der Waals surface area contributed by atoms with Crippen LogP contribution in [0.5, 0.6) is 5.75 Å². The lowest BCUT2D eigenvalue weighted by Crippen LogP contribution is -2.28. The number of rotatable bonds is 7. The zero-order valence-corrected chi connectivity index (χ0v) is 18.4. The lowest BCUT2D eigenvalue weighted by Gasteiger charge is -2.14. The van der Waals surface area contributed by atoms with E-state index in [1.54, 1.807) is 43.5 Å². The molecule has 9 heteroatoms. The number of nitrogens with one attached hydrogen (secondary N) is 2. The second-order valence-corrected chi connectivity index (χ2v) is 7.96. The van der Waals surface area contributed by atoms with Gasteiger partial charge in [-0.05, 0) is 48.9 Å². The van der Waals surface area contributed by atoms with Crippen molar-refractivity contribution in [1.82, 2.24) is 15.3 Å². The average Bonchev–Trinajstić information content (AvgIpc) is 2.77. The molecule has 0 spiro atoms. The minimum Gasteiger partial charge on any atom is -0.497 e. The van der Waals surface area contributed by atoms with E-state index in [0.29, 0.717) is 16.3 Å². The lowest BCUT2D eigenvalue weighted by molar-refractivity contribution is -0.119. The first-order chi connectivity index (χ1) is 14.9. The summed E-state index contributed by atoms with van der Waals surface area (Å²) in [7, 11) is 1.55. The molecule has 1 aromatic heterocycles. The first-order valence-corrected chi connectivity index (χ1v) is 10.6. The molecule has 1 amide bonds. The predicted molar refractivity (Wildman–Crippen MR) is 120 cm³/mol. The maximum Gasteiger partial charge on any atom is 0.270 e. The highest BCUT2D eigenvalue weighted by atomic mass is 35.5. The number of nitriles is 1. The smallest absolute Gasteiger partial charge is 0.270 e. The summed E-state index contributed by atoms with van der Waals surface area (Å²) in [6.45, 7) is 1.87. The number of H-pyrrole nitrogens is 1. The molecule has 1 atom stereocenters. The van der Waals surface area contributed by atoms with Gasteiger partial charge in [0.1, 0.15) is 17.4 Å². The first kappa shape index (κ1) is 22.4. The molecule has 2 aromatic carbocycles. The van der Waals surface area contributed by atoms with E-state index in [9.17, 15) is 14.9 Å². The number of aromatic amines is 1. The van der Waals surface area contributed by atoms with Gasteiger partial charge < -0.3 is 15.0 Å². The summed E-state index contributed by atoms with van der Waals surface area (Å²) in [5.41, 5.74) is 1.14. The quantitative estimate of drug-likeness (QED) is 0.413. The Kier molecular flexibility index (Phi) is 7.34. The van der Waals surface area contributed by atoms with Gasteiger partial charge in [0.05, 0.1) is 24.6 Å². The Bertz CT molecular complexity index is 1170. The van der Waals surface area contributed by atoms with Crippen molar-refractivity contribution >= 4 is 29.3 Å². The van der Waals surface area contributed by atoms with Gasteiger partial charge in [0.15, 0.2) is 5.16 Å². The average molecular weight is 455 g/mol. The largest absolute Gasteiger partial charge is 0.497 e. The molecule has 31 heavy (non-hydrogen) atoms. The summed E-state index contributed by atoms with van der Waals surface area (Å²) in [5, 5.41) is 13.2. The van der Waals surface area contributed by atoms with Crippen LogP contribution < -0.4 is 15.6 Å². The topological polar surface area (TPSA) is 108 Å². The second kappa shape index (κ2) is 10.2. The highest BCUT2D eigenvalue weighted by molar-refractivity contribution is 7.99. The molecule has 1 heterocycles. The molecule has 3 aromatic rings. The summed E-state index contributed by atoms with van der Waals surface area (Å²) < 4.78 is 5.13. The van der Waals surface area contributed by atoms with Crippen molar-refractivity contribution in [2.24, 2.45) is 0 Å². The third kappa shape index (κ3) is 5.66. The van der Waals surface area contributed by atoms with Gasteiger partial charge in [0.2, 0.25) is 5.91 Å². The number of aromatic nitrogens is 2. The number of carbonyl (C=O) groups excluding carboxylic acids is 1. The molecular weight excluding hydrogens is 436 g/mol. The van der Waals surface area contributed by atoms with E-state index >= 15 is 0 Å². The van der Waals surface area contributed by atoms with Gasteiger partial charge >= 0.3 is 0 Å². The van der Waals surface area contributed by atoms with Crippen LogP contribution in [0.2, 0.25) is 5.02 Å².